The number of hydrogen-bond acceptors (Lipinski definition) is 2. The van der Waals surface area contributed by atoms with Gasteiger partial charge in [0.1, 0.15) is 0 Å². The zero-order chi connectivity index (χ0) is 9.40. The quantitative estimate of drug-likeness (QED) is 0.512. The molecule has 0 bridgehead atoms. The first-order valence-electron chi connectivity index (χ1n) is 4.15. The number of nitrogens with one attached hydrogen (secondary N) is 1. The molecule has 0 saturated heterocycles. The van der Waals surface area contributed by atoms with E-state index in [0.29, 0.717) is 17.7 Å². The lowest BCUT2D eigenvalue weighted by atomic mass is 10.2. The molecule has 0 aromatic rings. The minimum absolute atomic E-state index is 0.422. The van der Waals surface area contributed by atoms with Crippen molar-refractivity contribution in [3.8, 4) is 0 Å². The van der Waals surface area contributed by atoms with Crippen LogP contribution in [0.2, 0.25) is 0 Å². The van der Waals surface area contributed by atoms with Gasteiger partial charge in [-0.15, -0.1) is 11.6 Å². The third kappa shape index (κ3) is 6.10. The average molecular weight is 189 g/mol. The van der Waals surface area contributed by atoms with Gasteiger partial charge in [0.05, 0.1) is 5.82 Å². The van der Waals surface area contributed by atoms with Crippen LogP contribution in [0.15, 0.2) is 24.0 Å². The fourth-order valence-electron chi connectivity index (χ4n) is 0.658. The van der Waals surface area contributed by atoms with Gasteiger partial charge in [0.15, 0.2) is 0 Å². The van der Waals surface area contributed by atoms with Gasteiger partial charge in [0.2, 0.25) is 0 Å². The summed E-state index contributed by atoms with van der Waals surface area (Å²) in [6.45, 7) is 4.20. The third-order valence-electron chi connectivity index (χ3n) is 1.53. The van der Waals surface area contributed by atoms with E-state index in [9.17, 15) is 0 Å². The van der Waals surface area contributed by atoms with Crippen molar-refractivity contribution in [3.05, 3.63) is 24.0 Å². The molecular formula is C9H17ClN2. The Morgan fingerprint density at radius 1 is 1.67 bits per heavy atom. The number of halogens is 1. The largest absolute Gasteiger partial charge is 0.386 e. The maximum absolute atomic E-state index is 5.65. The minimum Gasteiger partial charge on any atom is -0.386 e. The summed E-state index contributed by atoms with van der Waals surface area (Å²) in [6.07, 6.45) is 6.56. The summed E-state index contributed by atoms with van der Waals surface area (Å²) in [7, 11) is 0. The molecule has 3 heteroatoms. The highest BCUT2D eigenvalue weighted by atomic mass is 35.5. The molecule has 0 aliphatic heterocycles. The lowest BCUT2D eigenvalue weighted by Gasteiger charge is -2.11. The topological polar surface area (TPSA) is 38.0 Å². The molecule has 1 unspecified atom stereocenters. The van der Waals surface area contributed by atoms with Crippen molar-refractivity contribution in [2.24, 2.45) is 5.73 Å². The number of rotatable bonds is 5. The fourth-order valence-corrected chi connectivity index (χ4v) is 0.761. The average Bonchev–Trinajstić information content (AvgIpc) is 2.05. The van der Waals surface area contributed by atoms with Crippen molar-refractivity contribution in [1.29, 1.82) is 0 Å². The highest BCUT2D eigenvalue weighted by Crippen LogP contribution is 1.91. The van der Waals surface area contributed by atoms with E-state index >= 15 is 0 Å². The Morgan fingerprint density at radius 3 is 2.83 bits per heavy atom. The van der Waals surface area contributed by atoms with Gasteiger partial charge in [-0.3, -0.25) is 0 Å². The maximum atomic E-state index is 5.65. The van der Waals surface area contributed by atoms with Crippen molar-refractivity contribution >= 4 is 11.6 Å². The van der Waals surface area contributed by atoms with Crippen molar-refractivity contribution in [2.75, 3.05) is 5.88 Å². The van der Waals surface area contributed by atoms with Gasteiger partial charge < -0.3 is 11.1 Å². The monoisotopic (exact) mass is 188 g/mol. The van der Waals surface area contributed by atoms with E-state index in [1.165, 1.54) is 0 Å². The van der Waals surface area contributed by atoms with Crippen LogP contribution in [0, 0.1) is 0 Å². The smallest absolute Gasteiger partial charge is 0.0961 e. The predicted octanol–water partition coefficient (Wildman–Crippen LogP) is 1.97. The predicted molar refractivity (Wildman–Crippen MR) is 55.0 cm³/mol. The summed E-state index contributed by atoms with van der Waals surface area (Å²) < 4.78 is 0. The van der Waals surface area contributed by atoms with E-state index in [4.69, 9.17) is 17.3 Å². The number of alkyl halides is 1. The van der Waals surface area contributed by atoms with Crippen LogP contribution in [0.4, 0.5) is 0 Å². The molecule has 12 heavy (non-hydrogen) atoms. The molecule has 0 fully saturated rings. The fraction of sp³-hybridized carbons (Fsp3) is 0.556. The second-order valence-corrected chi connectivity index (χ2v) is 2.97. The Kier molecular flexibility index (Phi) is 6.67. The van der Waals surface area contributed by atoms with Gasteiger partial charge in [-0.05, 0) is 19.4 Å². The Hall–Kier alpha value is -0.630. The van der Waals surface area contributed by atoms with Crippen molar-refractivity contribution in [2.45, 2.75) is 26.3 Å². The number of hydrogen-bond donors (Lipinski definition) is 2. The minimum atomic E-state index is 0.422. The molecule has 0 radical (unpaired) electrons. The molecule has 0 saturated carbocycles. The van der Waals surface area contributed by atoms with Crippen LogP contribution in [-0.4, -0.2) is 11.9 Å². The summed E-state index contributed by atoms with van der Waals surface area (Å²) >= 11 is 5.44. The van der Waals surface area contributed by atoms with Crippen LogP contribution in [0.1, 0.15) is 20.3 Å². The molecule has 2 nitrogen and oxygen atoms in total. The Bertz CT molecular complexity index is 164. The van der Waals surface area contributed by atoms with E-state index in [0.717, 1.165) is 6.42 Å². The van der Waals surface area contributed by atoms with Crippen molar-refractivity contribution < 1.29 is 0 Å². The van der Waals surface area contributed by atoms with Gasteiger partial charge >= 0.3 is 0 Å². The Morgan fingerprint density at radius 2 is 2.33 bits per heavy atom. The molecular weight excluding hydrogens is 172 g/mol. The van der Waals surface area contributed by atoms with Gasteiger partial charge in [0.25, 0.3) is 0 Å². The van der Waals surface area contributed by atoms with Crippen LogP contribution in [-0.2, 0) is 0 Å². The van der Waals surface area contributed by atoms with E-state index in [-0.39, 0.29) is 0 Å². The van der Waals surface area contributed by atoms with Gasteiger partial charge in [0, 0.05) is 11.9 Å². The Labute approximate surface area is 79.5 Å². The van der Waals surface area contributed by atoms with Crippen LogP contribution >= 0.6 is 11.6 Å². The molecule has 0 aliphatic carbocycles. The highest BCUT2D eigenvalue weighted by Gasteiger charge is 1.95. The molecule has 0 aliphatic rings. The first kappa shape index (κ1) is 11.4. The summed E-state index contributed by atoms with van der Waals surface area (Å²) in [5.74, 6) is 1.21. The summed E-state index contributed by atoms with van der Waals surface area (Å²) in [4.78, 5) is 0. The summed E-state index contributed by atoms with van der Waals surface area (Å²) in [5.41, 5.74) is 5.65. The number of nitrogens with two attached hydrogens (primary N) is 1. The van der Waals surface area contributed by atoms with E-state index in [1.54, 1.807) is 0 Å². The molecule has 0 aromatic heterocycles. The highest BCUT2D eigenvalue weighted by molar-refractivity contribution is 6.18. The zero-order valence-corrected chi connectivity index (χ0v) is 8.43. The molecule has 70 valence electrons. The summed E-state index contributed by atoms with van der Waals surface area (Å²) in [6, 6.07) is 0.422. The maximum Gasteiger partial charge on any atom is 0.0961 e. The summed E-state index contributed by atoms with van der Waals surface area (Å²) in [5, 5.41) is 3.13. The first-order chi connectivity index (χ1) is 5.70. The lowest BCUT2D eigenvalue weighted by Crippen LogP contribution is -2.28. The first-order valence-corrected chi connectivity index (χ1v) is 4.69. The second kappa shape index (κ2) is 7.04. The van der Waals surface area contributed by atoms with E-state index < -0.39 is 0 Å². The molecule has 0 spiro atoms. The van der Waals surface area contributed by atoms with E-state index in [2.05, 4.69) is 19.2 Å². The van der Waals surface area contributed by atoms with Gasteiger partial charge in [-0.1, -0.05) is 19.1 Å². The van der Waals surface area contributed by atoms with Crippen LogP contribution in [0.25, 0.3) is 0 Å². The molecule has 0 heterocycles. The van der Waals surface area contributed by atoms with Gasteiger partial charge in [-0.25, -0.2) is 0 Å². The SMILES string of the molecule is CCC(C)NC(N)=CC=CCCl. The lowest BCUT2D eigenvalue weighted by molar-refractivity contribution is 0.591. The Balaban J connectivity index is 3.77. The van der Waals surface area contributed by atoms with Crippen molar-refractivity contribution in [3.63, 3.8) is 0 Å². The molecule has 0 aromatic carbocycles. The third-order valence-corrected chi connectivity index (χ3v) is 1.70. The van der Waals surface area contributed by atoms with Crippen LogP contribution in [0.3, 0.4) is 0 Å². The van der Waals surface area contributed by atoms with Gasteiger partial charge in [-0.2, -0.15) is 0 Å². The molecule has 1 atom stereocenters. The molecule has 3 N–H and O–H groups in total. The molecule has 0 rings (SSSR count). The van der Waals surface area contributed by atoms with Crippen LogP contribution < -0.4 is 11.1 Å². The standard InChI is InChI=1S/C9H17ClN2/c1-3-8(2)12-9(11)6-4-5-7-10/h4-6,8,12H,3,7,11H2,1-2H3. The normalized spacial score (nSPS) is 15.1. The van der Waals surface area contributed by atoms with Crippen LogP contribution in [0.5, 0.6) is 0 Å². The second-order valence-electron chi connectivity index (χ2n) is 2.66. The van der Waals surface area contributed by atoms with E-state index in [1.807, 2.05) is 18.2 Å². The van der Waals surface area contributed by atoms with Crippen molar-refractivity contribution in [1.82, 2.24) is 5.32 Å². The molecule has 0 amide bonds. The zero-order valence-electron chi connectivity index (χ0n) is 7.68. The number of allylic oxidation sites excluding steroid dienone is 3.